The quantitative estimate of drug-likeness (QED) is 0.323. The Kier molecular flexibility index (Phi) is 4.68. The Morgan fingerprint density at radius 2 is 1.79 bits per heavy atom. The van der Waals surface area contributed by atoms with E-state index in [2.05, 4.69) is 10.2 Å². The van der Waals surface area contributed by atoms with Crippen LogP contribution in [-0.2, 0) is 5.75 Å². The molecule has 0 aliphatic rings. The lowest BCUT2D eigenvalue weighted by Gasteiger charge is -2.04. The molecule has 2 aromatic carbocycles. The average molecular weight is 362 g/mol. The van der Waals surface area contributed by atoms with Gasteiger partial charge in [-0.15, -0.1) is 10.2 Å². The van der Waals surface area contributed by atoms with E-state index in [1.54, 1.807) is 24.3 Å². The van der Waals surface area contributed by atoms with E-state index in [4.69, 9.17) is 17.4 Å². The Hall–Kier alpha value is -2.58. The van der Waals surface area contributed by atoms with Gasteiger partial charge < -0.3 is 5.84 Å². The van der Waals surface area contributed by atoms with E-state index in [1.165, 1.54) is 28.6 Å². The van der Waals surface area contributed by atoms with E-state index in [0.717, 1.165) is 11.1 Å². The zero-order valence-corrected chi connectivity index (χ0v) is 13.9. The second kappa shape index (κ2) is 6.90. The zero-order chi connectivity index (χ0) is 17.1. The molecule has 0 radical (unpaired) electrons. The van der Waals surface area contributed by atoms with Crippen molar-refractivity contribution in [1.82, 2.24) is 14.9 Å². The fourth-order valence-electron chi connectivity index (χ4n) is 2.03. The second-order valence-corrected chi connectivity index (χ2v) is 6.27. The number of hydrogen-bond donors (Lipinski definition) is 1. The van der Waals surface area contributed by atoms with Crippen molar-refractivity contribution in [2.75, 3.05) is 5.84 Å². The summed E-state index contributed by atoms with van der Waals surface area (Å²) in [6, 6.07) is 13.5. The molecule has 24 heavy (non-hydrogen) atoms. The Morgan fingerprint density at radius 3 is 2.42 bits per heavy atom. The summed E-state index contributed by atoms with van der Waals surface area (Å²) < 4.78 is 1.42. The number of nitrogens with two attached hydrogens (primary N) is 1. The van der Waals surface area contributed by atoms with Crippen LogP contribution in [0.15, 0.2) is 53.7 Å². The number of nitro groups is 1. The number of rotatable bonds is 5. The molecule has 0 amide bonds. The third-order valence-electron chi connectivity index (χ3n) is 3.28. The fourth-order valence-corrected chi connectivity index (χ4v) is 2.97. The van der Waals surface area contributed by atoms with E-state index in [1.807, 2.05) is 12.1 Å². The van der Waals surface area contributed by atoms with Gasteiger partial charge in [-0.2, -0.15) is 0 Å². The Bertz CT molecular complexity index is 865. The van der Waals surface area contributed by atoms with Crippen LogP contribution < -0.4 is 5.84 Å². The maximum Gasteiger partial charge on any atom is 0.269 e. The number of aromatic nitrogens is 3. The summed E-state index contributed by atoms with van der Waals surface area (Å²) in [5, 5.41) is 20.0. The van der Waals surface area contributed by atoms with Gasteiger partial charge >= 0.3 is 0 Å². The molecular weight excluding hydrogens is 350 g/mol. The smallest absolute Gasteiger partial charge is 0.269 e. The van der Waals surface area contributed by atoms with Crippen LogP contribution in [0.3, 0.4) is 0 Å². The second-order valence-electron chi connectivity index (χ2n) is 4.90. The van der Waals surface area contributed by atoms with E-state index in [0.29, 0.717) is 21.8 Å². The third-order valence-corrected chi connectivity index (χ3v) is 4.55. The molecule has 7 nitrogen and oxygen atoms in total. The minimum Gasteiger partial charge on any atom is -0.335 e. The molecule has 1 aromatic heterocycles. The van der Waals surface area contributed by atoms with Crippen LogP contribution in [0.1, 0.15) is 5.56 Å². The van der Waals surface area contributed by atoms with Gasteiger partial charge in [0.05, 0.1) is 4.92 Å². The Morgan fingerprint density at radius 1 is 1.12 bits per heavy atom. The molecule has 3 aromatic rings. The van der Waals surface area contributed by atoms with Crippen LogP contribution in [0.4, 0.5) is 5.69 Å². The molecule has 0 aliphatic heterocycles. The first-order valence-electron chi connectivity index (χ1n) is 6.87. The number of thioether (sulfide) groups is 1. The maximum atomic E-state index is 10.6. The van der Waals surface area contributed by atoms with E-state index in [-0.39, 0.29) is 5.69 Å². The lowest BCUT2D eigenvalue weighted by molar-refractivity contribution is -0.384. The van der Waals surface area contributed by atoms with Gasteiger partial charge in [0.15, 0.2) is 5.82 Å². The van der Waals surface area contributed by atoms with Crippen LogP contribution in [0.5, 0.6) is 0 Å². The highest BCUT2D eigenvalue weighted by atomic mass is 35.5. The predicted molar refractivity (Wildman–Crippen MR) is 93.3 cm³/mol. The monoisotopic (exact) mass is 361 g/mol. The van der Waals surface area contributed by atoms with Crippen molar-refractivity contribution >= 4 is 29.1 Å². The number of nitro benzene ring substituents is 1. The molecule has 0 fully saturated rings. The van der Waals surface area contributed by atoms with Crippen LogP contribution in [-0.4, -0.2) is 19.8 Å². The first-order chi connectivity index (χ1) is 11.5. The van der Waals surface area contributed by atoms with Gasteiger partial charge in [0.25, 0.3) is 5.69 Å². The fraction of sp³-hybridized carbons (Fsp3) is 0.0667. The van der Waals surface area contributed by atoms with Gasteiger partial charge in [0.1, 0.15) is 0 Å². The summed E-state index contributed by atoms with van der Waals surface area (Å²) in [7, 11) is 0. The molecule has 0 aliphatic carbocycles. The molecule has 0 spiro atoms. The summed E-state index contributed by atoms with van der Waals surface area (Å²) in [5.41, 5.74) is 1.81. The number of nitrogen functional groups attached to an aromatic ring is 1. The van der Waals surface area contributed by atoms with Crippen molar-refractivity contribution in [1.29, 1.82) is 0 Å². The summed E-state index contributed by atoms with van der Waals surface area (Å²) in [4.78, 5) is 10.2. The molecule has 9 heteroatoms. The minimum atomic E-state index is -0.425. The predicted octanol–water partition coefficient (Wildman–Crippen LogP) is 3.51. The van der Waals surface area contributed by atoms with Crippen molar-refractivity contribution in [2.24, 2.45) is 0 Å². The Balaban J connectivity index is 1.72. The highest BCUT2D eigenvalue weighted by molar-refractivity contribution is 7.98. The molecule has 122 valence electrons. The van der Waals surface area contributed by atoms with Gasteiger partial charge in [-0.3, -0.25) is 10.1 Å². The normalized spacial score (nSPS) is 10.7. The highest BCUT2D eigenvalue weighted by Crippen LogP contribution is 2.25. The number of nitrogens with zero attached hydrogens (tertiary/aromatic N) is 4. The molecule has 0 saturated carbocycles. The molecular formula is C15H12ClN5O2S. The molecule has 3 rings (SSSR count). The van der Waals surface area contributed by atoms with Gasteiger partial charge in [0.2, 0.25) is 5.16 Å². The summed E-state index contributed by atoms with van der Waals surface area (Å²) in [6.07, 6.45) is 0. The number of hydrogen-bond acceptors (Lipinski definition) is 6. The topological polar surface area (TPSA) is 99.9 Å². The average Bonchev–Trinajstić information content (AvgIpc) is 2.95. The highest BCUT2D eigenvalue weighted by Gasteiger charge is 2.12. The minimum absolute atomic E-state index is 0.0655. The largest absolute Gasteiger partial charge is 0.335 e. The SMILES string of the molecule is Nn1c(SCc2ccc([N+](=O)[O-])cc2)nnc1-c1ccc(Cl)cc1. The molecule has 1 heterocycles. The lowest BCUT2D eigenvalue weighted by Crippen LogP contribution is -2.11. The molecule has 2 N–H and O–H groups in total. The van der Waals surface area contributed by atoms with Crippen LogP contribution in [0.25, 0.3) is 11.4 Å². The Labute approximate surface area is 146 Å². The first kappa shape index (κ1) is 16.3. The van der Waals surface area contributed by atoms with Crippen LogP contribution >= 0.6 is 23.4 Å². The van der Waals surface area contributed by atoms with Crippen molar-refractivity contribution in [3.8, 4) is 11.4 Å². The maximum absolute atomic E-state index is 10.6. The number of non-ortho nitro benzene ring substituents is 1. The van der Waals surface area contributed by atoms with Crippen molar-refractivity contribution in [3.05, 3.63) is 69.2 Å². The third kappa shape index (κ3) is 3.50. The van der Waals surface area contributed by atoms with Crippen molar-refractivity contribution in [2.45, 2.75) is 10.9 Å². The van der Waals surface area contributed by atoms with Gasteiger partial charge in [-0.05, 0) is 29.8 Å². The van der Waals surface area contributed by atoms with Crippen LogP contribution in [0, 0.1) is 10.1 Å². The van der Waals surface area contributed by atoms with E-state index < -0.39 is 4.92 Å². The molecule has 0 atom stereocenters. The van der Waals surface area contributed by atoms with E-state index >= 15 is 0 Å². The lowest BCUT2D eigenvalue weighted by atomic mass is 10.2. The van der Waals surface area contributed by atoms with Gasteiger partial charge in [-0.1, -0.05) is 35.5 Å². The summed E-state index contributed by atoms with van der Waals surface area (Å²) >= 11 is 7.27. The standard InChI is InChI=1S/C15H12ClN5O2S/c16-12-5-3-11(4-6-12)14-18-19-15(20(14)17)24-9-10-1-7-13(8-2-10)21(22)23/h1-8H,9,17H2. The van der Waals surface area contributed by atoms with Gasteiger partial charge in [-0.25, -0.2) is 4.68 Å². The summed E-state index contributed by atoms with van der Waals surface area (Å²) in [6.45, 7) is 0. The number of benzene rings is 2. The first-order valence-corrected chi connectivity index (χ1v) is 8.23. The molecule has 0 saturated heterocycles. The number of halogens is 1. The van der Waals surface area contributed by atoms with E-state index in [9.17, 15) is 10.1 Å². The summed E-state index contributed by atoms with van der Waals surface area (Å²) in [5.74, 6) is 7.17. The van der Waals surface area contributed by atoms with Gasteiger partial charge in [0, 0.05) is 28.5 Å². The molecule has 0 bridgehead atoms. The van der Waals surface area contributed by atoms with Crippen molar-refractivity contribution < 1.29 is 4.92 Å². The van der Waals surface area contributed by atoms with Crippen LogP contribution in [0.2, 0.25) is 5.02 Å². The molecule has 0 unspecified atom stereocenters. The van der Waals surface area contributed by atoms with Crippen molar-refractivity contribution in [3.63, 3.8) is 0 Å². The zero-order valence-electron chi connectivity index (χ0n) is 12.3.